The summed E-state index contributed by atoms with van der Waals surface area (Å²) in [6.07, 6.45) is 1.62. The number of benzene rings is 1. The molecule has 0 radical (unpaired) electrons. The maximum absolute atomic E-state index is 12.6. The molecule has 2 aromatic rings. The predicted octanol–water partition coefficient (Wildman–Crippen LogP) is 2.75. The van der Waals surface area contributed by atoms with Crippen LogP contribution in [0, 0.1) is 0 Å². The van der Waals surface area contributed by atoms with Crippen LogP contribution in [0.15, 0.2) is 45.2 Å². The molecule has 7 heteroatoms. The van der Waals surface area contributed by atoms with Gasteiger partial charge in [0.15, 0.2) is 5.16 Å². The predicted molar refractivity (Wildman–Crippen MR) is 107 cm³/mol. The van der Waals surface area contributed by atoms with Crippen LogP contribution in [0.5, 0.6) is 0 Å². The van der Waals surface area contributed by atoms with Crippen molar-refractivity contribution in [1.82, 2.24) is 14.9 Å². The minimum atomic E-state index is -0.0360. The molecule has 26 heavy (non-hydrogen) atoms. The zero-order valence-electron chi connectivity index (χ0n) is 15.0. The summed E-state index contributed by atoms with van der Waals surface area (Å²) in [6.45, 7) is 5.21. The lowest BCUT2D eigenvalue weighted by Crippen LogP contribution is -2.28. The molecule has 0 spiro atoms. The van der Waals surface area contributed by atoms with E-state index in [-0.39, 0.29) is 17.2 Å². The van der Waals surface area contributed by atoms with E-state index in [9.17, 15) is 9.59 Å². The standard InChI is InChI=1S/C19H23N3O2S2/c1-3-22-18(24)17-15(11-13(2)26-17)21-19(22)25-12-16(23)20-10-9-14-7-5-4-6-8-14/h4-8,13H,3,9-12H2,1-2H3,(H,20,23)/t13-/m0/s1. The van der Waals surface area contributed by atoms with Crippen LogP contribution >= 0.6 is 23.5 Å². The molecule has 1 atom stereocenters. The fourth-order valence-corrected chi connectivity index (χ4v) is 4.92. The zero-order valence-corrected chi connectivity index (χ0v) is 16.7. The molecule has 0 saturated heterocycles. The Kier molecular flexibility index (Phi) is 6.43. The van der Waals surface area contributed by atoms with Crippen LogP contribution in [0.2, 0.25) is 0 Å². The van der Waals surface area contributed by atoms with Gasteiger partial charge in [0.1, 0.15) is 0 Å². The number of nitrogens with zero attached hydrogens (tertiary/aromatic N) is 2. The normalized spacial score (nSPS) is 15.7. The van der Waals surface area contributed by atoms with Crippen LogP contribution in [0.1, 0.15) is 25.1 Å². The van der Waals surface area contributed by atoms with E-state index in [1.807, 2.05) is 37.3 Å². The number of hydrogen-bond acceptors (Lipinski definition) is 5. The van der Waals surface area contributed by atoms with Gasteiger partial charge >= 0.3 is 0 Å². The van der Waals surface area contributed by atoms with E-state index >= 15 is 0 Å². The van der Waals surface area contributed by atoms with Gasteiger partial charge < -0.3 is 5.32 Å². The highest BCUT2D eigenvalue weighted by Gasteiger charge is 2.26. The summed E-state index contributed by atoms with van der Waals surface area (Å²) in [5, 5.41) is 3.96. The number of aromatic nitrogens is 2. The maximum atomic E-state index is 12.6. The van der Waals surface area contributed by atoms with Crippen molar-refractivity contribution in [2.45, 2.75) is 48.5 Å². The third kappa shape index (κ3) is 4.51. The number of rotatable bonds is 7. The van der Waals surface area contributed by atoms with Crippen LogP contribution in [0.25, 0.3) is 0 Å². The number of amides is 1. The van der Waals surface area contributed by atoms with Gasteiger partial charge in [-0.05, 0) is 18.9 Å². The van der Waals surface area contributed by atoms with Crippen molar-refractivity contribution in [3.63, 3.8) is 0 Å². The summed E-state index contributed by atoms with van der Waals surface area (Å²) < 4.78 is 1.67. The average molecular weight is 390 g/mol. The first-order valence-corrected chi connectivity index (χ1v) is 10.7. The molecular weight excluding hydrogens is 366 g/mol. The molecule has 0 unspecified atom stereocenters. The van der Waals surface area contributed by atoms with Gasteiger partial charge in [0, 0.05) is 24.8 Å². The summed E-state index contributed by atoms with van der Waals surface area (Å²) >= 11 is 2.94. The highest BCUT2D eigenvalue weighted by molar-refractivity contribution is 8.00. The van der Waals surface area contributed by atoms with E-state index < -0.39 is 0 Å². The van der Waals surface area contributed by atoms with Gasteiger partial charge in [0.25, 0.3) is 5.56 Å². The Hall–Kier alpha value is -1.73. The van der Waals surface area contributed by atoms with Crippen molar-refractivity contribution in [3.8, 4) is 0 Å². The minimum Gasteiger partial charge on any atom is -0.355 e. The third-order valence-corrected chi connectivity index (χ3v) is 6.38. The van der Waals surface area contributed by atoms with Crippen molar-refractivity contribution >= 4 is 29.4 Å². The molecular formula is C19H23N3O2S2. The van der Waals surface area contributed by atoms with Crippen molar-refractivity contribution in [3.05, 3.63) is 51.9 Å². The Bertz CT molecular complexity index is 837. The number of thioether (sulfide) groups is 2. The molecule has 1 aromatic carbocycles. The molecule has 5 nitrogen and oxygen atoms in total. The van der Waals surface area contributed by atoms with Crippen molar-refractivity contribution < 1.29 is 4.79 Å². The van der Waals surface area contributed by atoms with E-state index in [1.165, 1.54) is 17.3 Å². The number of hydrogen-bond donors (Lipinski definition) is 1. The quantitative estimate of drug-likeness (QED) is 0.583. The Morgan fingerprint density at radius 1 is 1.38 bits per heavy atom. The Labute approximate surface area is 162 Å². The van der Waals surface area contributed by atoms with Crippen molar-refractivity contribution in [2.75, 3.05) is 12.3 Å². The molecule has 138 valence electrons. The lowest BCUT2D eigenvalue weighted by molar-refractivity contribution is -0.118. The number of carbonyl (C=O) groups excluding carboxylic acids is 1. The van der Waals surface area contributed by atoms with E-state index in [2.05, 4.69) is 17.2 Å². The second-order valence-corrected chi connectivity index (χ2v) is 8.62. The van der Waals surface area contributed by atoms with Crippen LogP contribution in [-0.2, 0) is 24.2 Å². The summed E-state index contributed by atoms with van der Waals surface area (Å²) in [4.78, 5) is 30.2. The first kappa shape index (κ1) is 19.0. The SMILES string of the molecule is CCn1c(SCC(=O)NCCc2ccccc2)nc2c(c1=O)S[C@@H](C)C2. The van der Waals surface area contributed by atoms with Gasteiger partial charge in [0.05, 0.1) is 16.3 Å². The van der Waals surface area contributed by atoms with E-state index in [4.69, 9.17) is 0 Å². The molecule has 0 aliphatic carbocycles. The molecule has 3 rings (SSSR count). The van der Waals surface area contributed by atoms with Crippen LogP contribution in [0.3, 0.4) is 0 Å². The molecule has 1 amide bonds. The van der Waals surface area contributed by atoms with E-state index in [0.717, 1.165) is 23.4 Å². The largest absolute Gasteiger partial charge is 0.355 e. The lowest BCUT2D eigenvalue weighted by atomic mass is 10.1. The number of fused-ring (bicyclic) bond motifs is 1. The molecule has 0 bridgehead atoms. The average Bonchev–Trinajstić information content (AvgIpc) is 3.01. The smallest absolute Gasteiger partial charge is 0.268 e. The zero-order chi connectivity index (χ0) is 18.5. The fraction of sp³-hybridized carbons (Fsp3) is 0.421. The molecule has 1 aromatic heterocycles. The lowest BCUT2D eigenvalue weighted by Gasteiger charge is -2.11. The van der Waals surface area contributed by atoms with Crippen molar-refractivity contribution in [2.24, 2.45) is 0 Å². The summed E-state index contributed by atoms with van der Waals surface area (Å²) in [5.41, 5.74) is 2.11. The highest BCUT2D eigenvalue weighted by Crippen LogP contribution is 2.34. The van der Waals surface area contributed by atoms with E-state index in [1.54, 1.807) is 16.3 Å². The second-order valence-electron chi connectivity index (χ2n) is 6.23. The maximum Gasteiger partial charge on any atom is 0.268 e. The highest BCUT2D eigenvalue weighted by atomic mass is 32.2. The number of carbonyl (C=O) groups is 1. The Morgan fingerprint density at radius 3 is 2.88 bits per heavy atom. The summed E-state index contributed by atoms with van der Waals surface area (Å²) in [5.74, 6) is 0.231. The first-order valence-electron chi connectivity index (χ1n) is 8.82. The fourth-order valence-electron chi connectivity index (χ4n) is 2.89. The number of nitrogens with one attached hydrogen (secondary N) is 1. The van der Waals surface area contributed by atoms with Crippen LogP contribution < -0.4 is 10.9 Å². The topological polar surface area (TPSA) is 64.0 Å². The Morgan fingerprint density at radius 2 is 2.15 bits per heavy atom. The van der Waals surface area contributed by atoms with Gasteiger partial charge in [-0.3, -0.25) is 14.2 Å². The molecule has 0 saturated carbocycles. The van der Waals surface area contributed by atoms with Gasteiger partial charge in [-0.15, -0.1) is 11.8 Å². The summed E-state index contributed by atoms with van der Waals surface area (Å²) in [6, 6.07) is 10.1. The molecule has 1 N–H and O–H groups in total. The van der Waals surface area contributed by atoms with Crippen LogP contribution in [0.4, 0.5) is 0 Å². The molecule has 1 aliphatic rings. The van der Waals surface area contributed by atoms with Gasteiger partial charge in [-0.1, -0.05) is 49.0 Å². The van der Waals surface area contributed by atoms with Gasteiger partial charge in [-0.2, -0.15) is 0 Å². The monoisotopic (exact) mass is 389 g/mol. The summed E-state index contributed by atoms with van der Waals surface area (Å²) in [7, 11) is 0. The van der Waals surface area contributed by atoms with Gasteiger partial charge in [-0.25, -0.2) is 4.98 Å². The van der Waals surface area contributed by atoms with Crippen LogP contribution in [-0.4, -0.2) is 33.0 Å². The molecule has 2 heterocycles. The van der Waals surface area contributed by atoms with Crippen molar-refractivity contribution in [1.29, 1.82) is 0 Å². The Balaban J connectivity index is 1.57. The minimum absolute atomic E-state index is 0.0267. The first-order chi connectivity index (χ1) is 12.6. The second kappa shape index (κ2) is 8.77. The van der Waals surface area contributed by atoms with Gasteiger partial charge in [0.2, 0.25) is 5.91 Å². The molecule has 1 aliphatic heterocycles. The third-order valence-electron chi connectivity index (χ3n) is 4.19. The molecule has 0 fully saturated rings. The van der Waals surface area contributed by atoms with E-state index in [0.29, 0.717) is 23.5 Å².